The van der Waals surface area contributed by atoms with E-state index in [2.05, 4.69) is 12.1 Å². The topological polar surface area (TPSA) is 52.3 Å². The van der Waals surface area contributed by atoms with E-state index < -0.39 is 0 Å². The number of carbonyl (C=O) groups excluding carboxylic acids is 1. The second-order valence-corrected chi connectivity index (χ2v) is 4.34. The van der Waals surface area contributed by atoms with Crippen LogP contribution in [0.3, 0.4) is 0 Å². The molecule has 0 fully saturated rings. The Bertz CT molecular complexity index is 343. The van der Waals surface area contributed by atoms with E-state index in [0.29, 0.717) is 13.0 Å². The smallest absolute Gasteiger partial charge is 0.308 e. The van der Waals surface area contributed by atoms with Crippen LogP contribution in [0.4, 0.5) is 0 Å². The zero-order valence-electron chi connectivity index (χ0n) is 11.0. The molecule has 0 spiro atoms. The number of benzene rings is 1. The zero-order chi connectivity index (χ0) is 12.7. The summed E-state index contributed by atoms with van der Waals surface area (Å²) in [6.45, 7) is 4.11. The molecule has 0 saturated carbocycles. The third kappa shape index (κ3) is 6.03. The van der Waals surface area contributed by atoms with E-state index in [0.717, 1.165) is 6.42 Å². The summed E-state index contributed by atoms with van der Waals surface area (Å²) >= 11 is 0. The summed E-state index contributed by atoms with van der Waals surface area (Å²) in [6.07, 6.45) is 1.46. The van der Waals surface area contributed by atoms with Crippen LogP contribution in [0.1, 0.15) is 25.8 Å². The van der Waals surface area contributed by atoms with Gasteiger partial charge < -0.3 is 10.5 Å². The lowest BCUT2D eigenvalue weighted by molar-refractivity contribution is -0.147. The highest BCUT2D eigenvalue weighted by molar-refractivity contribution is 5.85. The van der Waals surface area contributed by atoms with E-state index in [1.54, 1.807) is 0 Å². The third-order valence-electron chi connectivity index (χ3n) is 2.69. The maximum absolute atomic E-state index is 11.5. The van der Waals surface area contributed by atoms with Gasteiger partial charge in [0.15, 0.2) is 0 Å². The Morgan fingerprint density at radius 3 is 2.50 bits per heavy atom. The van der Waals surface area contributed by atoms with Gasteiger partial charge in [0.2, 0.25) is 0 Å². The van der Waals surface area contributed by atoms with E-state index in [1.807, 2.05) is 32.0 Å². The maximum atomic E-state index is 11.5. The molecule has 0 saturated heterocycles. The molecule has 102 valence electrons. The van der Waals surface area contributed by atoms with Crippen molar-refractivity contribution in [2.24, 2.45) is 11.7 Å². The van der Waals surface area contributed by atoms with Crippen LogP contribution in [0.5, 0.6) is 0 Å². The van der Waals surface area contributed by atoms with Gasteiger partial charge in [0.25, 0.3) is 0 Å². The first kappa shape index (κ1) is 16.9. The van der Waals surface area contributed by atoms with Crippen molar-refractivity contribution in [3.8, 4) is 0 Å². The van der Waals surface area contributed by atoms with Gasteiger partial charge in [-0.25, -0.2) is 0 Å². The highest BCUT2D eigenvalue weighted by Gasteiger charge is 2.17. The van der Waals surface area contributed by atoms with Gasteiger partial charge in [-0.3, -0.25) is 4.79 Å². The molecule has 0 aromatic heterocycles. The number of ether oxygens (including phenoxy) is 1. The van der Waals surface area contributed by atoms with E-state index in [1.165, 1.54) is 5.56 Å². The van der Waals surface area contributed by atoms with Crippen molar-refractivity contribution in [1.82, 2.24) is 0 Å². The van der Waals surface area contributed by atoms with Crippen molar-refractivity contribution in [2.75, 3.05) is 6.61 Å². The van der Waals surface area contributed by atoms with Gasteiger partial charge >= 0.3 is 5.97 Å². The number of hydrogen-bond donors (Lipinski definition) is 1. The monoisotopic (exact) mass is 271 g/mol. The minimum atomic E-state index is -0.156. The molecule has 0 aliphatic heterocycles. The number of nitrogens with two attached hydrogens (primary N) is 1. The number of rotatable bonds is 6. The summed E-state index contributed by atoms with van der Waals surface area (Å²) in [5.41, 5.74) is 7.24. The van der Waals surface area contributed by atoms with Crippen LogP contribution in [0.15, 0.2) is 30.3 Å². The molecule has 0 heterocycles. The molecule has 18 heavy (non-hydrogen) atoms. The van der Waals surface area contributed by atoms with Crippen molar-refractivity contribution >= 4 is 18.4 Å². The largest absolute Gasteiger partial charge is 0.466 e. The minimum absolute atomic E-state index is 0. The van der Waals surface area contributed by atoms with E-state index >= 15 is 0 Å². The summed E-state index contributed by atoms with van der Waals surface area (Å²) < 4.78 is 4.96. The Balaban J connectivity index is 0.00000289. The molecule has 1 aromatic carbocycles. The van der Waals surface area contributed by atoms with Gasteiger partial charge in [0, 0.05) is 6.04 Å². The minimum Gasteiger partial charge on any atom is -0.466 e. The molecule has 1 rings (SSSR count). The molecule has 4 heteroatoms. The predicted molar refractivity (Wildman–Crippen MR) is 75.8 cm³/mol. The van der Waals surface area contributed by atoms with Crippen LogP contribution in [0, 0.1) is 5.92 Å². The molecule has 0 amide bonds. The molecule has 0 aliphatic rings. The Morgan fingerprint density at radius 2 is 1.94 bits per heavy atom. The SMILES string of the molecule is CCOC(=O)[C@@H](C)C[C@@H](N)Cc1ccccc1.Cl. The van der Waals surface area contributed by atoms with E-state index in [9.17, 15) is 4.79 Å². The lowest BCUT2D eigenvalue weighted by Gasteiger charge is -2.16. The predicted octanol–water partition coefficient (Wildman–Crippen LogP) is 2.57. The first-order valence-corrected chi connectivity index (χ1v) is 6.09. The molecule has 2 N–H and O–H groups in total. The standard InChI is InChI=1S/C14H21NO2.ClH/c1-3-17-14(16)11(2)9-13(15)10-12-7-5-4-6-8-12;/h4-8,11,13H,3,9-10,15H2,1-2H3;1H/t11-,13+;/m0./s1. The molecule has 0 unspecified atom stereocenters. The molecule has 3 nitrogen and oxygen atoms in total. The van der Waals surface area contributed by atoms with Crippen LogP contribution in [0.25, 0.3) is 0 Å². The van der Waals surface area contributed by atoms with E-state index in [4.69, 9.17) is 10.5 Å². The Hall–Kier alpha value is -1.06. The maximum Gasteiger partial charge on any atom is 0.308 e. The van der Waals surface area contributed by atoms with E-state index in [-0.39, 0.29) is 30.3 Å². The number of esters is 1. The van der Waals surface area contributed by atoms with Crippen molar-refractivity contribution < 1.29 is 9.53 Å². The molecular weight excluding hydrogens is 250 g/mol. The normalized spacial score (nSPS) is 13.3. The Morgan fingerprint density at radius 1 is 1.33 bits per heavy atom. The van der Waals surface area contributed by atoms with Crippen molar-refractivity contribution in [1.29, 1.82) is 0 Å². The summed E-state index contributed by atoms with van der Waals surface area (Å²) in [5, 5.41) is 0. The highest BCUT2D eigenvalue weighted by atomic mass is 35.5. The van der Waals surface area contributed by atoms with Crippen molar-refractivity contribution in [3.05, 3.63) is 35.9 Å². The van der Waals surface area contributed by atoms with Gasteiger partial charge in [-0.15, -0.1) is 12.4 Å². The fourth-order valence-corrected chi connectivity index (χ4v) is 1.84. The van der Waals surface area contributed by atoms with Crippen LogP contribution >= 0.6 is 12.4 Å². The Kier molecular flexibility index (Phi) is 8.42. The lowest BCUT2D eigenvalue weighted by Crippen LogP contribution is -2.28. The summed E-state index contributed by atoms with van der Waals surface area (Å²) in [4.78, 5) is 11.5. The van der Waals surface area contributed by atoms with Gasteiger partial charge in [0.1, 0.15) is 0 Å². The molecule has 2 atom stereocenters. The zero-order valence-corrected chi connectivity index (χ0v) is 11.8. The third-order valence-corrected chi connectivity index (χ3v) is 2.69. The number of halogens is 1. The second kappa shape index (κ2) is 8.95. The van der Waals surface area contributed by atoms with Crippen LogP contribution in [-0.2, 0) is 16.0 Å². The highest BCUT2D eigenvalue weighted by Crippen LogP contribution is 2.11. The fraction of sp³-hybridized carbons (Fsp3) is 0.500. The van der Waals surface area contributed by atoms with Gasteiger partial charge in [0.05, 0.1) is 12.5 Å². The average Bonchev–Trinajstić information content (AvgIpc) is 2.30. The fourth-order valence-electron chi connectivity index (χ4n) is 1.84. The lowest BCUT2D eigenvalue weighted by atomic mass is 9.97. The number of carbonyl (C=O) groups is 1. The van der Waals surface area contributed by atoms with Gasteiger partial charge in [-0.2, -0.15) is 0 Å². The second-order valence-electron chi connectivity index (χ2n) is 4.34. The van der Waals surface area contributed by atoms with Gasteiger partial charge in [-0.1, -0.05) is 37.3 Å². The summed E-state index contributed by atoms with van der Waals surface area (Å²) in [6, 6.07) is 10.1. The summed E-state index contributed by atoms with van der Waals surface area (Å²) in [7, 11) is 0. The van der Waals surface area contributed by atoms with Crippen molar-refractivity contribution in [3.63, 3.8) is 0 Å². The first-order chi connectivity index (χ1) is 8.13. The molecule has 0 radical (unpaired) electrons. The van der Waals surface area contributed by atoms with Crippen molar-refractivity contribution in [2.45, 2.75) is 32.7 Å². The van der Waals surface area contributed by atoms with Gasteiger partial charge in [-0.05, 0) is 25.3 Å². The molecule has 1 aromatic rings. The molecule has 0 aliphatic carbocycles. The summed E-state index contributed by atoms with van der Waals surface area (Å²) in [5.74, 6) is -0.287. The average molecular weight is 272 g/mol. The number of hydrogen-bond acceptors (Lipinski definition) is 3. The molecule has 0 bridgehead atoms. The quantitative estimate of drug-likeness (QED) is 0.809. The molecular formula is C14H22ClNO2. The van der Waals surface area contributed by atoms with Crippen LogP contribution in [0.2, 0.25) is 0 Å². The van der Waals surface area contributed by atoms with Crippen LogP contribution in [-0.4, -0.2) is 18.6 Å². The Labute approximate surface area is 115 Å². The first-order valence-electron chi connectivity index (χ1n) is 6.09. The van der Waals surface area contributed by atoms with Crippen LogP contribution < -0.4 is 5.73 Å².